The minimum absolute atomic E-state index is 0.0407. The fraction of sp³-hybridized carbons (Fsp3) is 0.188. The van der Waals surface area contributed by atoms with Crippen LogP contribution in [0.1, 0.15) is 11.1 Å². The van der Waals surface area contributed by atoms with Gasteiger partial charge in [0.1, 0.15) is 24.0 Å². The van der Waals surface area contributed by atoms with E-state index in [1.807, 2.05) is 0 Å². The molecule has 0 saturated carbocycles. The molecule has 0 spiro atoms. The third-order valence-corrected chi connectivity index (χ3v) is 2.89. The molecule has 2 nitrogen and oxygen atoms in total. The molecule has 2 aromatic rings. The van der Waals surface area contributed by atoms with Crippen molar-refractivity contribution in [2.75, 3.05) is 6.61 Å². The maximum atomic E-state index is 13.4. The molecule has 104 valence electrons. The van der Waals surface area contributed by atoms with Crippen LogP contribution in [-0.4, -0.2) is 12.4 Å². The Morgan fingerprint density at radius 1 is 1.10 bits per heavy atom. The molecule has 0 aliphatic heterocycles. The second-order valence-electron chi connectivity index (χ2n) is 4.51. The Hall–Kier alpha value is -2.23. The van der Waals surface area contributed by atoms with E-state index in [2.05, 4.69) is 0 Å². The van der Waals surface area contributed by atoms with Gasteiger partial charge in [0.05, 0.1) is 0 Å². The standard InChI is InChI=1S/C16H14F2O2/c1-11-6-7-14(9-16(11)18)20-10-13(19)8-12-4-2-3-5-15(12)17/h2-7,9H,8,10H2,1H3. The summed E-state index contributed by atoms with van der Waals surface area (Å²) in [5.41, 5.74) is 0.839. The molecule has 4 heteroatoms. The first-order valence-electron chi connectivity index (χ1n) is 6.20. The van der Waals surface area contributed by atoms with E-state index in [1.54, 1.807) is 37.3 Å². The lowest BCUT2D eigenvalue weighted by atomic mass is 10.1. The molecule has 0 unspecified atom stereocenters. The van der Waals surface area contributed by atoms with Crippen LogP contribution in [-0.2, 0) is 11.2 Å². The Balaban J connectivity index is 1.92. The number of benzene rings is 2. The molecule has 0 amide bonds. The number of ketones is 1. The Morgan fingerprint density at radius 2 is 1.85 bits per heavy atom. The van der Waals surface area contributed by atoms with E-state index in [0.717, 1.165) is 0 Å². The number of carbonyl (C=O) groups is 1. The van der Waals surface area contributed by atoms with Crippen LogP contribution in [0.15, 0.2) is 42.5 Å². The first-order valence-corrected chi connectivity index (χ1v) is 6.20. The molecular formula is C16H14F2O2. The van der Waals surface area contributed by atoms with Crippen LogP contribution in [0, 0.1) is 18.6 Å². The number of aryl methyl sites for hydroxylation is 1. The van der Waals surface area contributed by atoms with Crippen molar-refractivity contribution in [3.63, 3.8) is 0 Å². The van der Waals surface area contributed by atoms with Crippen molar-refractivity contribution in [3.8, 4) is 5.75 Å². The molecule has 0 bridgehead atoms. The summed E-state index contributed by atoms with van der Waals surface area (Å²) in [6.45, 7) is 1.43. The fourth-order valence-electron chi connectivity index (χ4n) is 1.73. The highest BCUT2D eigenvalue weighted by Gasteiger charge is 2.09. The van der Waals surface area contributed by atoms with E-state index in [4.69, 9.17) is 4.74 Å². The second kappa shape index (κ2) is 6.28. The van der Waals surface area contributed by atoms with Gasteiger partial charge in [0.25, 0.3) is 0 Å². The van der Waals surface area contributed by atoms with E-state index in [9.17, 15) is 13.6 Å². The molecule has 0 N–H and O–H groups in total. The summed E-state index contributed by atoms with van der Waals surface area (Å²) in [5.74, 6) is -0.780. The van der Waals surface area contributed by atoms with Crippen molar-refractivity contribution in [2.24, 2.45) is 0 Å². The number of ether oxygens (including phenoxy) is 1. The molecule has 0 saturated heterocycles. The molecule has 20 heavy (non-hydrogen) atoms. The summed E-state index contributed by atoms with van der Waals surface area (Å²) in [4.78, 5) is 11.7. The molecule has 0 aliphatic rings. The summed E-state index contributed by atoms with van der Waals surface area (Å²) >= 11 is 0. The average molecular weight is 276 g/mol. The lowest BCUT2D eigenvalue weighted by Crippen LogP contribution is -2.14. The van der Waals surface area contributed by atoms with Gasteiger partial charge in [-0.3, -0.25) is 4.79 Å². The van der Waals surface area contributed by atoms with Crippen LogP contribution in [0.2, 0.25) is 0 Å². The van der Waals surface area contributed by atoms with E-state index < -0.39 is 5.82 Å². The number of hydrogen-bond acceptors (Lipinski definition) is 2. The Labute approximate surface area is 116 Å². The van der Waals surface area contributed by atoms with E-state index in [0.29, 0.717) is 11.1 Å². The SMILES string of the molecule is Cc1ccc(OCC(=O)Cc2ccccc2F)cc1F. The normalized spacial score (nSPS) is 10.3. The predicted molar refractivity (Wildman–Crippen MR) is 71.7 cm³/mol. The lowest BCUT2D eigenvalue weighted by molar-refractivity contribution is -0.120. The van der Waals surface area contributed by atoms with Crippen LogP contribution in [0.25, 0.3) is 0 Å². The highest BCUT2D eigenvalue weighted by molar-refractivity contribution is 5.82. The Morgan fingerprint density at radius 3 is 2.55 bits per heavy atom. The van der Waals surface area contributed by atoms with E-state index in [-0.39, 0.29) is 30.4 Å². The largest absolute Gasteiger partial charge is 0.486 e. The van der Waals surface area contributed by atoms with Gasteiger partial charge in [-0.1, -0.05) is 24.3 Å². The molecule has 2 rings (SSSR count). The van der Waals surface area contributed by atoms with Crippen molar-refractivity contribution < 1.29 is 18.3 Å². The van der Waals surface area contributed by atoms with E-state index >= 15 is 0 Å². The topological polar surface area (TPSA) is 26.3 Å². The molecule has 0 aromatic heterocycles. The van der Waals surface area contributed by atoms with Gasteiger partial charge in [-0.05, 0) is 30.2 Å². The van der Waals surface area contributed by atoms with Gasteiger partial charge in [0, 0.05) is 12.5 Å². The first kappa shape index (κ1) is 14.2. The molecule has 0 atom stereocenters. The van der Waals surface area contributed by atoms with Crippen molar-refractivity contribution in [3.05, 3.63) is 65.2 Å². The minimum Gasteiger partial charge on any atom is -0.486 e. The van der Waals surface area contributed by atoms with Gasteiger partial charge in [-0.15, -0.1) is 0 Å². The van der Waals surface area contributed by atoms with Crippen LogP contribution >= 0.6 is 0 Å². The lowest BCUT2D eigenvalue weighted by Gasteiger charge is -2.07. The van der Waals surface area contributed by atoms with Crippen molar-refractivity contribution in [1.29, 1.82) is 0 Å². The Kier molecular flexibility index (Phi) is 4.45. The van der Waals surface area contributed by atoms with Gasteiger partial charge >= 0.3 is 0 Å². The second-order valence-corrected chi connectivity index (χ2v) is 4.51. The minimum atomic E-state index is -0.415. The highest BCUT2D eigenvalue weighted by atomic mass is 19.1. The van der Waals surface area contributed by atoms with Gasteiger partial charge in [0.2, 0.25) is 0 Å². The summed E-state index contributed by atoms with van der Waals surface area (Å²) < 4.78 is 31.9. The number of halogens is 2. The van der Waals surface area contributed by atoms with Crippen LogP contribution < -0.4 is 4.74 Å². The maximum absolute atomic E-state index is 13.4. The number of Topliss-reactive ketones (excluding diaryl/α,β-unsaturated/α-hetero) is 1. The van der Waals surface area contributed by atoms with Gasteiger partial charge in [-0.2, -0.15) is 0 Å². The average Bonchev–Trinajstić information content (AvgIpc) is 2.43. The van der Waals surface area contributed by atoms with Crippen LogP contribution in [0.3, 0.4) is 0 Å². The van der Waals surface area contributed by atoms with Gasteiger partial charge in [0.15, 0.2) is 5.78 Å². The summed E-state index contributed by atoms with van der Waals surface area (Å²) in [6, 6.07) is 10.5. The zero-order valence-corrected chi connectivity index (χ0v) is 11.0. The van der Waals surface area contributed by atoms with Crippen LogP contribution in [0.5, 0.6) is 5.75 Å². The van der Waals surface area contributed by atoms with Crippen LogP contribution in [0.4, 0.5) is 8.78 Å². The molecule has 0 radical (unpaired) electrons. The van der Waals surface area contributed by atoms with Crippen molar-refractivity contribution in [1.82, 2.24) is 0 Å². The highest BCUT2D eigenvalue weighted by Crippen LogP contribution is 2.16. The fourth-order valence-corrected chi connectivity index (χ4v) is 1.73. The third kappa shape index (κ3) is 3.63. The van der Waals surface area contributed by atoms with Gasteiger partial charge in [-0.25, -0.2) is 8.78 Å². The van der Waals surface area contributed by atoms with E-state index in [1.165, 1.54) is 12.1 Å². The Bertz CT molecular complexity index is 624. The zero-order valence-electron chi connectivity index (χ0n) is 11.0. The first-order chi connectivity index (χ1) is 9.56. The maximum Gasteiger partial charge on any atom is 0.174 e. The predicted octanol–water partition coefficient (Wildman–Crippen LogP) is 3.46. The summed E-state index contributed by atoms with van der Waals surface area (Å²) in [7, 11) is 0. The molecule has 2 aromatic carbocycles. The quantitative estimate of drug-likeness (QED) is 0.836. The van der Waals surface area contributed by atoms with Crippen molar-refractivity contribution >= 4 is 5.78 Å². The van der Waals surface area contributed by atoms with Gasteiger partial charge < -0.3 is 4.74 Å². The van der Waals surface area contributed by atoms with Crippen molar-refractivity contribution in [2.45, 2.75) is 13.3 Å². The molecular weight excluding hydrogens is 262 g/mol. The number of hydrogen-bond donors (Lipinski definition) is 0. The molecule has 0 heterocycles. The number of rotatable bonds is 5. The zero-order chi connectivity index (χ0) is 14.5. The molecule has 0 fully saturated rings. The monoisotopic (exact) mass is 276 g/mol. The summed E-state index contributed by atoms with van der Waals surface area (Å²) in [6.07, 6.45) is -0.0407. The third-order valence-electron chi connectivity index (χ3n) is 2.89. The number of carbonyl (C=O) groups excluding carboxylic acids is 1. The smallest absolute Gasteiger partial charge is 0.174 e. The summed E-state index contributed by atoms with van der Waals surface area (Å²) in [5, 5.41) is 0. The molecule has 0 aliphatic carbocycles.